The maximum atomic E-state index is 12.9. The summed E-state index contributed by atoms with van der Waals surface area (Å²) in [6.07, 6.45) is 3.55. The molecule has 0 bridgehead atoms. The Morgan fingerprint density at radius 1 is 1.27 bits per heavy atom. The van der Waals surface area contributed by atoms with Crippen LogP contribution in [0, 0.1) is 0 Å². The van der Waals surface area contributed by atoms with Crippen LogP contribution in [-0.2, 0) is 6.42 Å². The molecule has 0 spiro atoms. The zero-order chi connectivity index (χ0) is 19.4. The molecule has 0 radical (unpaired) electrons. The van der Waals surface area contributed by atoms with Gasteiger partial charge in [-0.25, -0.2) is 0 Å². The van der Waals surface area contributed by atoms with Crippen LogP contribution in [0.2, 0.25) is 0 Å². The van der Waals surface area contributed by atoms with E-state index in [1.54, 1.807) is 13.8 Å². The van der Waals surface area contributed by atoms with Crippen molar-refractivity contribution in [2.75, 3.05) is 33.7 Å². The molecule has 1 aromatic carbocycles. The van der Waals surface area contributed by atoms with E-state index in [1.807, 2.05) is 48.2 Å². The van der Waals surface area contributed by atoms with Crippen molar-refractivity contribution in [3.05, 3.63) is 35.4 Å². The normalized spacial score (nSPS) is 21.7. The zero-order valence-corrected chi connectivity index (χ0v) is 16.7. The van der Waals surface area contributed by atoms with Crippen LogP contribution in [0.3, 0.4) is 0 Å². The van der Waals surface area contributed by atoms with Crippen LogP contribution in [0.1, 0.15) is 55.5 Å². The summed E-state index contributed by atoms with van der Waals surface area (Å²) in [5.74, 6) is 0.0317. The predicted molar refractivity (Wildman–Crippen MR) is 104 cm³/mol. The van der Waals surface area contributed by atoms with E-state index >= 15 is 0 Å². The molecule has 5 heteroatoms. The highest BCUT2D eigenvalue weighted by molar-refractivity contribution is 5.94. The monoisotopic (exact) mass is 362 g/mol. The lowest BCUT2D eigenvalue weighted by Crippen LogP contribution is -2.41. The summed E-state index contributed by atoms with van der Waals surface area (Å²) in [7, 11) is 3.93. The summed E-state index contributed by atoms with van der Waals surface area (Å²) in [5, 5.41) is 20.7. The molecule has 146 valence electrons. The zero-order valence-electron chi connectivity index (χ0n) is 16.7. The number of aryl methyl sites for hydroxylation is 1. The van der Waals surface area contributed by atoms with Crippen LogP contribution >= 0.6 is 0 Å². The van der Waals surface area contributed by atoms with Crippen LogP contribution < -0.4 is 0 Å². The first kappa shape index (κ1) is 20.9. The molecule has 1 amide bonds. The number of carbonyl (C=O) groups is 1. The maximum absolute atomic E-state index is 12.9. The average Bonchev–Trinajstić information content (AvgIpc) is 2.73. The van der Waals surface area contributed by atoms with E-state index in [2.05, 4.69) is 0 Å². The number of nitrogens with zero attached hydrogens (tertiary/aromatic N) is 2. The first-order valence-corrected chi connectivity index (χ1v) is 9.56. The van der Waals surface area contributed by atoms with Crippen molar-refractivity contribution in [2.45, 2.75) is 57.2 Å². The molecule has 1 aliphatic heterocycles. The standard InChI is InChI=1S/C21H34N2O3/c1-20(2,25)11-9-17-7-5-8-18(15-17)19(24)23-13-6-10-21(26,12-14-23)16-22(3)4/h5,7-8,15,25-26H,6,9-14,16H2,1-4H3/t21-/m0/s1. The van der Waals surface area contributed by atoms with Gasteiger partial charge in [0.25, 0.3) is 5.91 Å². The fourth-order valence-electron chi connectivity index (χ4n) is 3.62. The van der Waals surface area contributed by atoms with E-state index in [4.69, 9.17) is 0 Å². The van der Waals surface area contributed by atoms with E-state index in [0.717, 1.165) is 24.8 Å². The minimum Gasteiger partial charge on any atom is -0.390 e. The van der Waals surface area contributed by atoms with Gasteiger partial charge in [-0.05, 0) is 77.7 Å². The predicted octanol–water partition coefficient (Wildman–Crippen LogP) is 2.31. The SMILES string of the molecule is CN(C)C[C@]1(O)CCCN(C(=O)c2cccc(CCC(C)(C)O)c2)CC1. The summed E-state index contributed by atoms with van der Waals surface area (Å²) in [6, 6.07) is 7.70. The summed E-state index contributed by atoms with van der Waals surface area (Å²) < 4.78 is 0. The van der Waals surface area contributed by atoms with E-state index in [9.17, 15) is 15.0 Å². The van der Waals surface area contributed by atoms with Crippen LogP contribution in [0.25, 0.3) is 0 Å². The Morgan fingerprint density at radius 2 is 2.00 bits per heavy atom. The number of hydrogen-bond acceptors (Lipinski definition) is 4. The van der Waals surface area contributed by atoms with E-state index in [-0.39, 0.29) is 5.91 Å². The van der Waals surface area contributed by atoms with Gasteiger partial charge in [-0.1, -0.05) is 12.1 Å². The largest absolute Gasteiger partial charge is 0.390 e. The van der Waals surface area contributed by atoms with E-state index < -0.39 is 11.2 Å². The molecule has 0 aliphatic carbocycles. The second kappa shape index (κ2) is 8.51. The van der Waals surface area contributed by atoms with Crippen molar-refractivity contribution >= 4 is 5.91 Å². The van der Waals surface area contributed by atoms with Gasteiger partial charge in [0.15, 0.2) is 0 Å². The molecule has 0 aromatic heterocycles. The van der Waals surface area contributed by atoms with Crippen LogP contribution in [0.4, 0.5) is 0 Å². The van der Waals surface area contributed by atoms with E-state index in [1.165, 1.54) is 0 Å². The molecule has 26 heavy (non-hydrogen) atoms. The van der Waals surface area contributed by atoms with E-state index in [0.29, 0.717) is 38.0 Å². The lowest BCUT2D eigenvalue weighted by Gasteiger charge is -2.30. The molecule has 5 nitrogen and oxygen atoms in total. The molecule has 2 N–H and O–H groups in total. The summed E-state index contributed by atoms with van der Waals surface area (Å²) in [5.41, 5.74) is 0.336. The van der Waals surface area contributed by atoms with Gasteiger partial charge in [-0.3, -0.25) is 4.79 Å². The molecule has 0 unspecified atom stereocenters. The Morgan fingerprint density at radius 3 is 2.65 bits per heavy atom. The first-order valence-electron chi connectivity index (χ1n) is 9.56. The number of hydrogen-bond donors (Lipinski definition) is 2. The molecule has 1 fully saturated rings. The molecular weight excluding hydrogens is 328 g/mol. The third kappa shape index (κ3) is 6.38. The molecule has 1 aliphatic rings. The van der Waals surface area contributed by atoms with Crippen LogP contribution in [0.5, 0.6) is 0 Å². The molecule has 0 saturated carbocycles. The van der Waals surface area contributed by atoms with Gasteiger partial charge >= 0.3 is 0 Å². The minimum absolute atomic E-state index is 0.0317. The van der Waals surface area contributed by atoms with Gasteiger partial charge in [-0.2, -0.15) is 0 Å². The van der Waals surface area contributed by atoms with Gasteiger partial charge in [0.2, 0.25) is 0 Å². The lowest BCUT2D eigenvalue weighted by atomic mass is 9.94. The molecular formula is C21H34N2O3. The lowest BCUT2D eigenvalue weighted by molar-refractivity contribution is 0.00304. The van der Waals surface area contributed by atoms with Gasteiger partial charge in [0.1, 0.15) is 0 Å². The molecule has 1 atom stereocenters. The van der Waals surface area contributed by atoms with Crippen molar-refractivity contribution in [3.8, 4) is 0 Å². The molecule has 1 heterocycles. The highest BCUT2D eigenvalue weighted by atomic mass is 16.3. The Hall–Kier alpha value is -1.43. The summed E-state index contributed by atoms with van der Waals surface area (Å²) in [4.78, 5) is 16.8. The summed E-state index contributed by atoms with van der Waals surface area (Å²) >= 11 is 0. The number of rotatable bonds is 6. The second-order valence-corrected chi connectivity index (χ2v) is 8.62. The molecule has 2 rings (SSSR count). The Bertz CT molecular complexity index is 610. The smallest absolute Gasteiger partial charge is 0.253 e. The first-order chi connectivity index (χ1) is 12.1. The third-order valence-corrected chi connectivity index (χ3v) is 5.01. The highest BCUT2D eigenvalue weighted by Gasteiger charge is 2.32. The second-order valence-electron chi connectivity index (χ2n) is 8.62. The van der Waals surface area contributed by atoms with Crippen molar-refractivity contribution in [1.82, 2.24) is 9.80 Å². The minimum atomic E-state index is -0.715. The van der Waals surface area contributed by atoms with Gasteiger partial charge < -0.3 is 20.0 Å². The van der Waals surface area contributed by atoms with Crippen molar-refractivity contribution in [2.24, 2.45) is 0 Å². The van der Waals surface area contributed by atoms with Crippen molar-refractivity contribution in [3.63, 3.8) is 0 Å². The Kier molecular flexibility index (Phi) is 6.83. The number of likely N-dealkylation sites (tertiary alicyclic amines) is 1. The number of likely N-dealkylation sites (N-methyl/N-ethyl adjacent to an activating group) is 1. The number of carbonyl (C=O) groups excluding carboxylic acids is 1. The fourth-order valence-corrected chi connectivity index (χ4v) is 3.62. The summed E-state index contributed by atoms with van der Waals surface area (Å²) in [6.45, 7) is 5.49. The quantitative estimate of drug-likeness (QED) is 0.815. The average molecular weight is 363 g/mol. The van der Waals surface area contributed by atoms with Gasteiger partial charge in [-0.15, -0.1) is 0 Å². The number of aliphatic hydroxyl groups is 2. The van der Waals surface area contributed by atoms with Gasteiger partial charge in [0.05, 0.1) is 11.2 Å². The fraction of sp³-hybridized carbons (Fsp3) is 0.667. The topological polar surface area (TPSA) is 64.0 Å². The number of amides is 1. The molecule has 1 saturated heterocycles. The van der Waals surface area contributed by atoms with Crippen LogP contribution in [0.15, 0.2) is 24.3 Å². The Labute approximate surface area is 157 Å². The number of benzene rings is 1. The van der Waals surface area contributed by atoms with Gasteiger partial charge in [0, 0.05) is 25.2 Å². The third-order valence-electron chi connectivity index (χ3n) is 5.01. The molecule has 1 aromatic rings. The highest BCUT2D eigenvalue weighted by Crippen LogP contribution is 2.24. The maximum Gasteiger partial charge on any atom is 0.253 e. The Balaban J connectivity index is 2.02. The van der Waals surface area contributed by atoms with Crippen LogP contribution in [-0.4, -0.2) is 70.9 Å². The van der Waals surface area contributed by atoms with Crippen molar-refractivity contribution < 1.29 is 15.0 Å². The van der Waals surface area contributed by atoms with Crippen molar-refractivity contribution in [1.29, 1.82) is 0 Å².